The van der Waals surface area contributed by atoms with Crippen molar-refractivity contribution in [1.82, 2.24) is 10.1 Å². The average molecular weight is 255 g/mol. The second-order valence-corrected chi connectivity index (χ2v) is 6.09. The lowest BCUT2D eigenvalue weighted by molar-refractivity contribution is 0.287. The van der Waals surface area contributed by atoms with E-state index in [1.165, 1.54) is 25.7 Å². The van der Waals surface area contributed by atoms with Gasteiger partial charge in [0.1, 0.15) is 0 Å². The molecule has 4 atom stereocenters. The summed E-state index contributed by atoms with van der Waals surface area (Å²) in [5.41, 5.74) is 0. The van der Waals surface area contributed by atoms with E-state index in [9.17, 15) is 0 Å². The Hall–Kier alpha value is -0.570. The van der Waals surface area contributed by atoms with Gasteiger partial charge in [0, 0.05) is 6.42 Å². The molecule has 2 aliphatic carbocycles. The van der Waals surface area contributed by atoms with Crippen LogP contribution in [0.5, 0.6) is 0 Å². The van der Waals surface area contributed by atoms with Gasteiger partial charge in [0.15, 0.2) is 5.82 Å². The smallest absolute Gasteiger partial charge is 0.226 e. The van der Waals surface area contributed by atoms with E-state index in [0.717, 1.165) is 36.5 Å². The molecular formula is C13H19ClN2O. The van der Waals surface area contributed by atoms with Crippen LogP contribution in [0.25, 0.3) is 0 Å². The van der Waals surface area contributed by atoms with E-state index < -0.39 is 0 Å². The van der Waals surface area contributed by atoms with Gasteiger partial charge in [-0.3, -0.25) is 0 Å². The number of nitrogens with zero attached hydrogens (tertiary/aromatic N) is 2. The third-order valence-electron chi connectivity index (χ3n) is 4.44. The Morgan fingerprint density at radius 2 is 2.29 bits per heavy atom. The van der Waals surface area contributed by atoms with E-state index in [2.05, 4.69) is 10.1 Å². The molecule has 17 heavy (non-hydrogen) atoms. The zero-order valence-electron chi connectivity index (χ0n) is 10.2. The van der Waals surface area contributed by atoms with Crippen LogP contribution < -0.4 is 0 Å². The van der Waals surface area contributed by atoms with Crippen LogP contribution in [-0.2, 0) is 6.42 Å². The Kier molecular flexibility index (Phi) is 3.12. The monoisotopic (exact) mass is 254 g/mol. The van der Waals surface area contributed by atoms with Crippen molar-refractivity contribution in [1.29, 1.82) is 0 Å². The first-order valence-corrected chi connectivity index (χ1v) is 7.16. The second kappa shape index (κ2) is 4.60. The van der Waals surface area contributed by atoms with Gasteiger partial charge in [0.25, 0.3) is 0 Å². The van der Waals surface area contributed by atoms with Crippen LogP contribution in [0.2, 0.25) is 0 Å². The van der Waals surface area contributed by atoms with Crippen LogP contribution in [-0.4, -0.2) is 10.1 Å². The molecule has 94 valence electrons. The van der Waals surface area contributed by atoms with E-state index in [1.807, 2.05) is 6.92 Å². The molecule has 0 amide bonds. The predicted molar refractivity (Wildman–Crippen MR) is 65.8 cm³/mol. The Morgan fingerprint density at radius 1 is 1.41 bits per heavy atom. The van der Waals surface area contributed by atoms with Crippen molar-refractivity contribution in [3.8, 4) is 0 Å². The van der Waals surface area contributed by atoms with Crippen molar-refractivity contribution < 1.29 is 4.52 Å². The number of alkyl halides is 1. The molecule has 2 aliphatic rings. The minimum absolute atomic E-state index is 0.104. The molecule has 1 aromatic rings. The standard InChI is InChI=1S/C13H19ClN2O/c1-2-11(14)13-15-12(17-16-13)7-10-6-8-3-4-9(10)5-8/h8-11H,2-7H2,1H3. The van der Waals surface area contributed by atoms with Crippen LogP contribution in [0.1, 0.15) is 56.1 Å². The number of hydrogen-bond donors (Lipinski definition) is 0. The summed E-state index contributed by atoms with van der Waals surface area (Å²) >= 11 is 6.10. The van der Waals surface area contributed by atoms with Crippen LogP contribution in [0.4, 0.5) is 0 Å². The highest BCUT2D eigenvalue weighted by atomic mass is 35.5. The van der Waals surface area contributed by atoms with Crippen LogP contribution >= 0.6 is 11.6 Å². The number of hydrogen-bond acceptors (Lipinski definition) is 3. The summed E-state index contributed by atoms with van der Waals surface area (Å²) in [5, 5.41) is 3.87. The number of halogens is 1. The fourth-order valence-corrected chi connectivity index (χ4v) is 3.60. The van der Waals surface area contributed by atoms with Gasteiger partial charge in [-0.25, -0.2) is 0 Å². The van der Waals surface area contributed by atoms with E-state index in [1.54, 1.807) is 0 Å². The Morgan fingerprint density at radius 3 is 2.94 bits per heavy atom. The van der Waals surface area contributed by atoms with Crippen molar-refractivity contribution in [2.24, 2.45) is 17.8 Å². The van der Waals surface area contributed by atoms with E-state index in [4.69, 9.17) is 16.1 Å². The highest BCUT2D eigenvalue weighted by Gasteiger charge is 2.40. The van der Waals surface area contributed by atoms with Crippen molar-refractivity contribution in [3.63, 3.8) is 0 Å². The molecule has 1 aromatic heterocycles. The molecular weight excluding hydrogens is 236 g/mol. The molecule has 0 aliphatic heterocycles. The maximum absolute atomic E-state index is 6.10. The van der Waals surface area contributed by atoms with E-state index >= 15 is 0 Å². The van der Waals surface area contributed by atoms with Gasteiger partial charge >= 0.3 is 0 Å². The van der Waals surface area contributed by atoms with Gasteiger partial charge in [-0.05, 0) is 43.4 Å². The van der Waals surface area contributed by atoms with Gasteiger partial charge in [-0.15, -0.1) is 11.6 Å². The normalized spacial score (nSPS) is 33.2. The molecule has 3 nitrogen and oxygen atoms in total. The van der Waals surface area contributed by atoms with Gasteiger partial charge < -0.3 is 4.52 Å². The summed E-state index contributed by atoms with van der Waals surface area (Å²) in [6.45, 7) is 2.03. The molecule has 1 heterocycles. The molecule has 2 fully saturated rings. The van der Waals surface area contributed by atoms with Crippen molar-refractivity contribution in [2.45, 2.75) is 50.8 Å². The molecule has 0 aromatic carbocycles. The Labute approximate surface area is 107 Å². The van der Waals surface area contributed by atoms with Crippen LogP contribution in [0.3, 0.4) is 0 Å². The molecule has 2 saturated carbocycles. The largest absolute Gasteiger partial charge is 0.339 e. The summed E-state index contributed by atoms with van der Waals surface area (Å²) in [6.07, 6.45) is 7.44. The quantitative estimate of drug-likeness (QED) is 0.769. The maximum Gasteiger partial charge on any atom is 0.226 e. The Balaban J connectivity index is 1.63. The summed E-state index contributed by atoms with van der Waals surface area (Å²) in [4.78, 5) is 4.42. The molecule has 0 spiro atoms. The molecule has 0 radical (unpaired) electrons. The first-order valence-electron chi connectivity index (χ1n) is 6.72. The highest BCUT2D eigenvalue weighted by molar-refractivity contribution is 6.20. The van der Waals surface area contributed by atoms with Gasteiger partial charge in [-0.1, -0.05) is 18.5 Å². The lowest BCUT2D eigenvalue weighted by Gasteiger charge is -2.19. The molecule has 4 heteroatoms. The summed E-state index contributed by atoms with van der Waals surface area (Å²) < 4.78 is 5.31. The van der Waals surface area contributed by atoms with Crippen LogP contribution in [0.15, 0.2) is 4.52 Å². The summed E-state index contributed by atoms with van der Waals surface area (Å²) in [5.74, 6) is 4.11. The van der Waals surface area contributed by atoms with E-state index in [-0.39, 0.29) is 5.38 Å². The second-order valence-electron chi connectivity index (χ2n) is 5.56. The van der Waals surface area contributed by atoms with Gasteiger partial charge in [-0.2, -0.15) is 4.98 Å². The zero-order valence-corrected chi connectivity index (χ0v) is 11.0. The predicted octanol–water partition coefficient (Wildman–Crippen LogP) is 3.74. The molecule has 2 bridgehead atoms. The van der Waals surface area contributed by atoms with E-state index in [0.29, 0.717) is 5.82 Å². The van der Waals surface area contributed by atoms with Crippen molar-refractivity contribution in [2.75, 3.05) is 0 Å². The fraction of sp³-hybridized carbons (Fsp3) is 0.846. The summed E-state index contributed by atoms with van der Waals surface area (Å²) in [7, 11) is 0. The SMILES string of the molecule is CCC(Cl)c1noc(CC2CC3CCC2C3)n1. The molecule has 3 rings (SSSR count). The maximum atomic E-state index is 6.10. The van der Waals surface area contributed by atoms with Gasteiger partial charge in [0.2, 0.25) is 5.89 Å². The molecule has 0 N–H and O–H groups in total. The molecule has 0 saturated heterocycles. The summed E-state index contributed by atoms with van der Waals surface area (Å²) in [6, 6.07) is 0. The van der Waals surface area contributed by atoms with Crippen molar-refractivity contribution >= 4 is 11.6 Å². The first kappa shape index (κ1) is 11.5. The Bertz CT molecular complexity index is 393. The zero-order chi connectivity index (χ0) is 11.8. The van der Waals surface area contributed by atoms with Crippen LogP contribution in [0, 0.1) is 17.8 Å². The average Bonchev–Trinajstić information content (AvgIpc) is 3.03. The first-order chi connectivity index (χ1) is 8.26. The minimum Gasteiger partial charge on any atom is -0.339 e. The van der Waals surface area contributed by atoms with Gasteiger partial charge in [0.05, 0.1) is 5.38 Å². The number of fused-ring (bicyclic) bond motifs is 2. The fourth-order valence-electron chi connectivity index (χ4n) is 3.51. The lowest BCUT2D eigenvalue weighted by Crippen LogP contribution is -2.13. The minimum atomic E-state index is -0.104. The lowest BCUT2D eigenvalue weighted by atomic mass is 9.86. The number of rotatable bonds is 4. The topological polar surface area (TPSA) is 38.9 Å². The third kappa shape index (κ3) is 2.22. The molecule has 4 unspecified atom stereocenters. The third-order valence-corrected chi connectivity index (χ3v) is 4.95. The number of aromatic nitrogens is 2. The van der Waals surface area contributed by atoms with Crippen molar-refractivity contribution in [3.05, 3.63) is 11.7 Å². The highest BCUT2D eigenvalue weighted by Crippen LogP contribution is 2.49.